The van der Waals surface area contributed by atoms with E-state index >= 15 is 0 Å². The molecule has 1 unspecified atom stereocenters. The van der Waals surface area contributed by atoms with Crippen LogP contribution in [-0.2, 0) is 0 Å². The summed E-state index contributed by atoms with van der Waals surface area (Å²) in [5.41, 5.74) is 2.39. The van der Waals surface area contributed by atoms with Crippen molar-refractivity contribution in [1.29, 1.82) is 0 Å². The number of nitrogens with zero attached hydrogens (tertiary/aromatic N) is 2. The first-order valence-electron chi connectivity index (χ1n) is 7.61. The Labute approximate surface area is 128 Å². The molecular formula is C17H18N4O. The molecule has 1 saturated carbocycles. The summed E-state index contributed by atoms with van der Waals surface area (Å²) in [5, 5.41) is 14.9. The zero-order valence-electron chi connectivity index (χ0n) is 12.2. The maximum absolute atomic E-state index is 10.6. The Balaban J connectivity index is 1.55. The van der Waals surface area contributed by atoms with E-state index in [9.17, 15) is 5.11 Å². The quantitative estimate of drug-likeness (QED) is 0.676. The van der Waals surface area contributed by atoms with Crippen molar-refractivity contribution in [2.24, 2.45) is 5.92 Å². The van der Waals surface area contributed by atoms with Crippen LogP contribution in [0.1, 0.15) is 30.1 Å². The topological polar surface area (TPSA) is 73.8 Å². The number of aromatic amines is 1. The lowest BCUT2D eigenvalue weighted by atomic mass is 10.0. The van der Waals surface area contributed by atoms with Crippen molar-refractivity contribution < 1.29 is 5.11 Å². The van der Waals surface area contributed by atoms with Crippen molar-refractivity contribution in [3.8, 4) is 0 Å². The van der Waals surface area contributed by atoms with Gasteiger partial charge in [-0.15, -0.1) is 0 Å². The fourth-order valence-electron chi connectivity index (χ4n) is 2.63. The molecule has 112 valence electrons. The lowest BCUT2D eigenvalue weighted by molar-refractivity contribution is 0.221. The standard InChI is InChI=1S/C17H18N4O/c22-16(14-10-21-17-13(14)2-1-7-18-17)12-5-6-15(20-9-12)19-8-11-3-4-11/h1-2,5-7,9-11,16,22H,3-4,8H2,(H,18,21)(H,19,20). The third-order valence-corrected chi connectivity index (χ3v) is 4.15. The van der Waals surface area contributed by atoms with Crippen LogP contribution in [0.4, 0.5) is 5.82 Å². The summed E-state index contributed by atoms with van der Waals surface area (Å²) in [4.78, 5) is 11.7. The van der Waals surface area contributed by atoms with Crippen LogP contribution in [-0.4, -0.2) is 26.6 Å². The van der Waals surface area contributed by atoms with E-state index in [1.54, 1.807) is 12.4 Å². The highest BCUT2D eigenvalue weighted by Gasteiger charge is 2.21. The number of pyridine rings is 2. The van der Waals surface area contributed by atoms with Crippen LogP contribution >= 0.6 is 0 Å². The Kier molecular flexibility index (Phi) is 3.27. The largest absolute Gasteiger partial charge is 0.384 e. The van der Waals surface area contributed by atoms with Gasteiger partial charge in [-0.05, 0) is 37.0 Å². The second-order valence-electron chi connectivity index (χ2n) is 5.85. The summed E-state index contributed by atoms with van der Waals surface area (Å²) < 4.78 is 0. The molecule has 3 heterocycles. The number of H-pyrrole nitrogens is 1. The molecule has 1 aliphatic carbocycles. The molecule has 0 bridgehead atoms. The Morgan fingerprint density at radius 2 is 2.18 bits per heavy atom. The molecule has 4 rings (SSSR count). The lowest BCUT2D eigenvalue weighted by Crippen LogP contribution is -2.06. The Morgan fingerprint density at radius 1 is 1.27 bits per heavy atom. The SMILES string of the molecule is OC(c1ccc(NCC2CC2)nc1)c1c[nH]c2ncccc12. The maximum Gasteiger partial charge on any atom is 0.137 e. The summed E-state index contributed by atoms with van der Waals surface area (Å²) in [6, 6.07) is 7.67. The fraction of sp³-hybridized carbons (Fsp3) is 0.294. The normalized spacial score (nSPS) is 15.9. The third kappa shape index (κ3) is 2.55. The minimum atomic E-state index is -0.706. The number of aromatic nitrogens is 3. The van der Waals surface area contributed by atoms with Crippen molar-refractivity contribution >= 4 is 16.9 Å². The van der Waals surface area contributed by atoms with Gasteiger partial charge in [0, 0.05) is 41.6 Å². The van der Waals surface area contributed by atoms with Crippen LogP contribution in [0.5, 0.6) is 0 Å². The monoisotopic (exact) mass is 294 g/mol. The minimum absolute atomic E-state index is 0.706. The number of nitrogens with one attached hydrogen (secondary N) is 2. The Bertz CT molecular complexity index is 777. The van der Waals surface area contributed by atoms with E-state index in [0.717, 1.165) is 40.4 Å². The molecule has 0 aliphatic heterocycles. The average Bonchev–Trinajstić information content (AvgIpc) is 3.30. The van der Waals surface area contributed by atoms with Gasteiger partial charge in [-0.2, -0.15) is 0 Å². The van der Waals surface area contributed by atoms with Crippen LogP contribution in [0.25, 0.3) is 11.0 Å². The molecule has 5 heteroatoms. The molecule has 0 saturated heterocycles. The van der Waals surface area contributed by atoms with E-state index in [1.807, 2.05) is 30.5 Å². The van der Waals surface area contributed by atoms with Gasteiger partial charge >= 0.3 is 0 Å². The van der Waals surface area contributed by atoms with E-state index in [-0.39, 0.29) is 0 Å². The van der Waals surface area contributed by atoms with Crippen LogP contribution in [0.15, 0.2) is 42.9 Å². The van der Waals surface area contributed by atoms with E-state index < -0.39 is 6.10 Å². The molecule has 0 amide bonds. The van der Waals surface area contributed by atoms with Gasteiger partial charge in [0.1, 0.15) is 17.6 Å². The number of aliphatic hydroxyl groups is 1. The molecule has 1 atom stereocenters. The van der Waals surface area contributed by atoms with Gasteiger partial charge in [-0.1, -0.05) is 6.07 Å². The van der Waals surface area contributed by atoms with E-state index in [0.29, 0.717) is 0 Å². The van der Waals surface area contributed by atoms with Crippen molar-refractivity contribution in [3.63, 3.8) is 0 Å². The predicted octanol–water partition coefficient (Wildman–Crippen LogP) is 2.86. The van der Waals surface area contributed by atoms with Crippen molar-refractivity contribution in [1.82, 2.24) is 15.0 Å². The van der Waals surface area contributed by atoms with Crippen molar-refractivity contribution in [2.75, 3.05) is 11.9 Å². The van der Waals surface area contributed by atoms with Crippen LogP contribution in [0, 0.1) is 5.92 Å². The third-order valence-electron chi connectivity index (χ3n) is 4.15. The summed E-state index contributed by atoms with van der Waals surface area (Å²) >= 11 is 0. The summed E-state index contributed by atoms with van der Waals surface area (Å²) in [7, 11) is 0. The van der Waals surface area contributed by atoms with Gasteiger partial charge in [0.25, 0.3) is 0 Å². The maximum atomic E-state index is 10.6. The van der Waals surface area contributed by atoms with Crippen molar-refractivity contribution in [3.05, 3.63) is 54.0 Å². The van der Waals surface area contributed by atoms with Crippen LogP contribution in [0.2, 0.25) is 0 Å². The fourth-order valence-corrected chi connectivity index (χ4v) is 2.63. The molecule has 0 radical (unpaired) electrons. The molecule has 0 spiro atoms. The minimum Gasteiger partial charge on any atom is -0.384 e. The molecule has 3 aromatic rings. The van der Waals surface area contributed by atoms with Gasteiger partial charge in [0.05, 0.1) is 0 Å². The van der Waals surface area contributed by atoms with Crippen LogP contribution in [0.3, 0.4) is 0 Å². The average molecular weight is 294 g/mol. The molecule has 0 aromatic carbocycles. The zero-order chi connectivity index (χ0) is 14.9. The van der Waals surface area contributed by atoms with Gasteiger partial charge in [0.15, 0.2) is 0 Å². The Morgan fingerprint density at radius 3 is 2.95 bits per heavy atom. The molecule has 1 fully saturated rings. The van der Waals surface area contributed by atoms with E-state index in [2.05, 4.69) is 20.3 Å². The molecule has 3 aromatic heterocycles. The number of aliphatic hydroxyl groups excluding tert-OH is 1. The first kappa shape index (κ1) is 13.3. The number of fused-ring (bicyclic) bond motifs is 1. The molecule has 5 nitrogen and oxygen atoms in total. The summed E-state index contributed by atoms with van der Waals surface area (Å²) in [6.07, 6.45) is 7.20. The first-order valence-corrected chi connectivity index (χ1v) is 7.61. The first-order chi connectivity index (χ1) is 10.8. The molecule has 3 N–H and O–H groups in total. The summed E-state index contributed by atoms with van der Waals surface area (Å²) in [6.45, 7) is 0.989. The highest BCUT2D eigenvalue weighted by atomic mass is 16.3. The van der Waals surface area contributed by atoms with Gasteiger partial charge in [0.2, 0.25) is 0 Å². The highest BCUT2D eigenvalue weighted by molar-refractivity contribution is 5.80. The predicted molar refractivity (Wildman–Crippen MR) is 85.6 cm³/mol. The van der Waals surface area contributed by atoms with Crippen molar-refractivity contribution in [2.45, 2.75) is 18.9 Å². The van der Waals surface area contributed by atoms with Gasteiger partial charge in [-0.3, -0.25) is 0 Å². The van der Waals surface area contributed by atoms with E-state index in [1.165, 1.54) is 12.8 Å². The smallest absolute Gasteiger partial charge is 0.137 e. The number of hydrogen-bond donors (Lipinski definition) is 3. The van der Waals surface area contributed by atoms with Gasteiger partial charge in [-0.25, -0.2) is 9.97 Å². The second kappa shape index (κ2) is 5.42. The summed E-state index contributed by atoms with van der Waals surface area (Å²) in [5.74, 6) is 1.68. The van der Waals surface area contributed by atoms with Gasteiger partial charge < -0.3 is 15.4 Å². The number of rotatable bonds is 5. The lowest BCUT2D eigenvalue weighted by Gasteiger charge is -2.11. The Hall–Kier alpha value is -2.40. The zero-order valence-corrected chi connectivity index (χ0v) is 12.2. The molecule has 22 heavy (non-hydrogen) atoms. The number of hydrogen-bond acceptors (Lipinski definition) is 4. The molecule has 1 aliphatic rings. The van der Waals surface area contributed by atoms with E-state index in [4.69, 9.17) is 0 Å². The van der Waals surface area contributed by atoms with Crippen LogP contribution < -0.4 is 5.32 Å². The highest BCUT2D eigenvalue weighted by Crippen LogP contribution is 2.30. The molecular weight excluding hydrogens is 276 g/mol. The number of anilines is 1. The second-order valence-corrected chi connectivity index (χ2v) is 5.85.